The minimum absolute atomic E-state index is 0.00461. The first kappa shape index (κ1) is 29.5. The zero-order valence-electron chi connectivity index (χ0n) is 25.4. The molecule has 1 N–H and O–H groups in total. The van der Waals surface area contributed by atoms with Gasteiger partial charge < -0.3 is 24.0 Å². The molecule has 6 rings (SSSR count). The van der Waals surface area contributed by atoms with Crippen molar-refractivity contribution in [3.63, 3.8) is 0 Å². The lowest BCUT2D eigenvalue weighted by atomic mass is 9.90. The average Bonchev–Trinajstić information content (AvgIpc) is 3.54. The van der Waals surface area contributed by atoms with Gasteiger partial charge in [-0.15, -0.1) is 0 Å². The summed E-state index contributed by atoms with van der Waals surface area (Å²) in [5.74, 6) is -0.280. The first-order chi connectivity index (χ1) is 20.5. The van der Waals surface area contributed by atoms with Crippen LogP contribution >= 0.6 is 0 Å². The van der Waals surface area contributed by atoms with E-state index in [1.807, 2.05) is 18.0 Å². The van der Waals surface area contributed by atoms with Gasteiger partial charge in [-0.1, -0.05) is 26.0 Å². The van der Waals surface area contributed by atoms with E-state index in [0.717, 1.165) is 34.7 Å². The van der Waals surface area contributed by atoms with Crippen LogP contribution < -0.4 is 4.90 Å². The van der Waals surface area contributed by atoms with Gasteiger partial charge in [0.25, 0.3) is 0 Å². The van der Waals surface area contributed by atoms with Gasteiger partial charge in [0.05, 0.1) is 31.1 Å². The smallest absolute Gasteiger partial charge is 0.407 e. The number of halogens is 1. The van der Waals surface area contributed by atoms with Crippen molar-refractivity contribution in [3.8, 4) is 0 Å². The molecule has 3 aliphatic heterocycles. The highest BCUT2D eigenvalue weighted by molar-refractivity contribution is 5.98. The van der Waals surface area contributed by atoms with Crippen LogP contribution in [0.4, 0.5) is 14.9 Å². The number of carbonyl (C=O) groups is 2. The zero-order valence-corrected chi connectivity index (χ0v) is 25.4. The Labute approximate surface area is 251 Å². The normalized spacial score (nSPS) is 24.4. The number of piperazine rings is 1. The molecule has 2 amide bonds. The van der Waals surface area contributed by atoms with Gasteiger partial charge in [0, 0.05) is 80.6 Å². The van der Waals surface area contributed by atoms with Gasteiger partial charge in [-0.05, 0) is 37.6 Å². The molecule has 230 valence electrons. The van der Waals surface area contributed by atoms with Crippen molar-refractivity contribution in [1.82, 2.24) is 24.1 Å². The molecule has 43 heavy (non-hydrogen) atoms. The number of hydrogen-bond donors (Lipinski definition) is 1. The van der Waals surface area contributed by atoms with Crippen LogP contribution in [0, 0.1) is 5.82 Å². The number of benzene rings is 1. The number of ether oxygens (including phenoxy) is 1. The largest absolute Gasteiger partial charge is 0.465 e. The Morgan fingerprint density at radius 1 is 1.12 bits per heavy atom. The first-order valence-corrected chi connectivity index (χ1v) is 15.1. The third-order valence-corrected chi connectivity index (χ3v) is 9.31. The molecular formula is C32H41FN6O4. The minimum Gasteiger partial charge on any atom is -0.465 e. The number of aromatic nitrogens is 2. The lowest BCUT2D eigenvalue weighted by Crippen LogP contribution is -2.64. The molecule has 2 fully saturated rings. The topological polar surface area (TPSA) is 93.9 Å². The fourth-order valence-corrected chi connectivity index (χ4v) is 7.06. The summed E-state index contributed by atoms with van der Waals surface area (Å²) in [7, 11) is 0. The third-order valence-electron chi connectivity index (χ3n) is 9.31. The average molecular weight is 593 g/mol. The van der Waals surface area contributed by atoms with Gasteiger partial charge >= 0.3 is 6.09 Å². The summed E-state index contributed by atoms with van der Waals surface area (Å²) in [6.45, 7) is 12.7. The maximum absolute atomic E-state index is 14.2. The Bertz CT molecular complexity index is 1510. The summed E-state index contributed by atoms with van der Waals surface area (Å²) in [5, 5.41) is 9.88. The van der Waals surface area contributed by atoms with Crippen molar-refractivity contribution in [2.24, 2.45) is 0 Å². The first-order valence-electron chi connectivity index (χ1n) is 15.1. The molecule has 2 aromatic heterocycles. The van der Waals surface area contributed by atoms with Crippen LogP contribution in [-0.2, 0) is 21.4 Å². The van der Waals surface area contributed by atoms with E-state index in [2.05, 4.69) is 46.0 Å². The Morgan fingerprint density at radius 3 is 2.60 bits per heavy atom. The van der Waals surface area contributed by atoms with Gasteiger partial charge in [0.1, 0.15) is 11.5 Å². The van der Waals surface area contributed by atoms with E-state index in [-0.39, 0.29) is 41.8 Å². The summed E-state index contributed by atoms with van der Waals surface area (Å²) in [5.41, 5.74) is 4.37. The number of fused-ring (bicyclic) bond motifs is 3. The lowest BCUT2D eigenvalue weighted by Gasteiger charge is -2.47. The van der Waals surface area contributed by atoms with Crippen LogP contribution in [-0.4, -0.2) is 112 Å². The number of hydrogen-bond acceptors (Lipinski definition) is 6. The molecule has 0 spiro atoms. The number of nitrogens with zero attached hydrogens (tertiary/aromatic N) is 6. The fraction of sp³-hybridized carbons (Fsp3) is 0.531. The maximum Gasteiger partial charge on any atom is 0.407 e. The Hall–Kier alpha value is -3.54. The summed E-state index contributed by atoms with van der Waals surface area (Å²) in [6, 6.07) is 8.45. The van der Waals surface area contributed by atoms with Crippen molar-refractivity contribution in [3.05, 3.63) is 65.4 Å². The summed E-state index contributed by atoms with van der Waals surface area (Å²) < 4.78 is 21.3. The third kappa shape index (κ3) is 5.73. The van der Waals surface area contributed by atoms with Crippen molar-refractivity contribution >= 4 is 23.3 Å². The molecule has 3 aliphatic rings. The van der Waals surface area contributed by atoms with E-state index >= 15 is 0 Å². The molecule has 0 saturated carbocycles. The molecule has 10 nitrogen and oxygen atoms in total. The van der Waals surface area contributed by atoms with Gasteiger partial charge in [0.2, 0.25) is 5.91 Å². The molecule has 3 atom stereocenters. The molecule has 5 heterocycles. The molecule has 0 bridgehead atoms. The molecule has 3 aromatic rings. The SMILES string of the molecule is C[C@@H]1COCCN1C[C@H]1CN(C(=O)O)[C@H](C)CN1CC(=O)N1CC(C)(C)c2c1cc(Cc1ccc(F)cc1)c1nccn21. The van der Waals surface area contributed by atoms with Crippen LogP contribution in [0.25, 0.3) is 5.65 Å². The monoisotopic (exact) mass is 592 g/mol. The summed E-state index contributed by atoms with van der Waals surface area (Å²) in [4.78, 5) is 38.8. The molecule has 1 aromatic carbocycles. The standard InChI is InChI=1S/C32H41FN6O4/c1-21-15-36(26(17-38(21)31(41)42)16-35-11-12-43-19-22(35)2)18-28(40)39-20-32(3,4)29-27(39)14-24(30-34-9-10-37(29)30)13-23-5-7-25(33)8-6-23/h5-10,14,21-22,26H,11-13,15-20H2,1-4H3,(H,41,42)/t21-,22-,26+/m1/s1. The van der Waals surface area contributed by atoms with Gasteiger partial charge in [-0.2, -0.15) is 0 Å². The Morgan fingerprint density at radius 2 is 1.88 bits per heavy atom. The van der Waals surface area contributed by atoms with Gasteiger partial charge in [-0.25, -0.2) is 14.2 Å². The number of morpholine rings is 1. The molecular weight excluding hydrogens is 551 g/mol. The summed E-state index contributed by atoms with van der Waals surface area (Å²) in [6.07, 6.45) is 3.37. The second-order valence-corrected chi connectivity index (χ2v) is 13.0. The van der Waals surface area contributed by atoms with Crippen LogP contribution in [0.3, 0.4) is 0 Å². The van der Waals surface area contributed by atoms with Crippen LogP contribution in [0.2, 0.25) is 0 Å². The lowest BCUT2D eigenvalue weighted by molar-refractivity contribution is -0.121. The molecule has 2 saturated heterocycles. The van der Waals surface area contributed by atoms with Crippen LogP contribution in [0.5, 0.6) is 0 Å². The fourth-order valence-electron chi connectivity index (χ4n) is 7.06. The highest BCUT2D eigenvalue weighted by atomic mass is 19.1. The van der Waals surface area contributed by atoms with Crippen molar-refractivity contribution in [2.45, 2.75) is 57.7 Å². The highest BCUT2D eigenvalue weighted by Crippen LogP contribution is 2.42. The van der Waals surface area contributed by atoms with Crippen molar-refractivity contribution in [1.29, 1.82) is 0 Å². The van der Waals surface area contributed by atoms with E-state index < -0.39 is 6.09 Å². The van der Waals surface area contributed by atoms with Crippen molar-refractivity contribution < 1.29 is 23.8 Å². The minimum atomic E-state index is -0.924. The molecule has 11 heteroatoms. The molecule has 0 unspecified atom stereocenters. The Kier molecular flexibility index (Phi) is 7.91. The predicted molar refractivity (Wildman–Crippen MR) is 161 cm³/mol. The van der Waals surface area contributed by atoms with E-state index in [1.165, 1.54) is 17.0 Å². The second kappa shape index (κ2) is 11.5. The second-order valence-electron chi connectivity index (χ2n) is 13.0. The van der Waals surface area contributed by atoms with Crippen LogP contribution in [0.1, 0.15) is 44.5 Å². The number of carbonyl (C=O) groups excluding carboxylic acids is 1. The number of rotatable bonds is 6. The highest BCUT2D eigenvalue weighted by Gasteiger charge is 2.43. The van der Waals surface area contributed by atoms with Crippen molar-refractivity contribution in [2.75, 3.05) is 57.4 Å². The van der Waals surface area contributed by atoms with E-state index in [0.29, 0.717) is 45.8 Å². The van der Waals surface area contributed by atoms with E-state index in [9.17, 15) is 19.1 Å². The predicted octanol–water partition coefficient (Wildman–Crippen LogP) is 3.46. The Balaban J connectivity index is 1.29. The quantitative estimate of drug-likeness (QED) is 0.469. The number of amides is 2. The van der Waals surface area contributed by atoms with E-state index in [4.69, 9.17) is 4.74 Å². The zero-order chi connectivity index (χ0) is 30.5. The van der Waals surface area contributed by atoms with Gasteiger partial charge in [0.15, 0.2) is 0 Å². The molecule has 0 radical (unpaired) electrons. The number of anilines is 1. The summed E-state index contributed by atoms with van der Waals surface area (Å²) >= 11 is 0. The maximum atomic E-state index is 14.2. The number of pyridine rings is 1. The van der Waals surface area contributed by atoms with E-state index in [1.54, 1.807) is 18.3 Å². The van der Waals surface area contributed by atoms with Crippen LogP contribution in [0.15, 0.2) is 42.7 Å². The molecule has 0 aliphatic carbocycles. The number of imidazole rings is 1. The van der Waals surface area contributed by atoms with Gasteiger partial charge in [-0.3, -0.25) is 14.6 Å². The number of carboxylic acid groups (broad SMARTS) is 1.